The van der Waals surface area contributed by atoms with Crippen LogP contribution >= 0.6 is 0 Å². The van der Waals surface area contributed by atoms with Crippen molar-refractivity contribution in [3.8, 4) is 0 Å². The van der Waals surface area contributed by atoms with Crippen molar-refractivity contribution in [3.63, 3.8) is 0 Å². The SMILES string of the molecule is CCC1CCC(N2Cc3ccccc3C(C(=O)O)C2)C1. The van der Waals surface area contributed by atoms with E-state index in [1.54, 1.807) is 0 Å². The van der Waals surface area contributed by atoms with Crippen molar-refractivity contribution in [1.82, 2.24) is 4.90 Å². The van der Waals surface area contributed by atoms with Crippen LogP contribution in [0.2, 0.25) is 0 Å². The van der Waals surface area contributed by atoms with Crippen LogP contribution < -0.4 is 0 Å². The van der Waals surface area contributed by atoms with Crippen molar-refractivity contribution in [3.05, 3.63) is 35.4 Å². The van der Waals surface area contributed by atoms with Gasteiger partial charge >= 0.3 is 5.97 Å². The molecule has 1 N–H and O–H groups in total. The van der Waals surface area contributed by atoms with Crippen LogP contribution in [0.4, 0.5) is 0 Å². The normalized spacial score (nSPS) is 30.1. The minimum atomic E-state index is -0.688. The van der Waals surface area contributed by atoms with E-state index in [1.807, 2.05) is 18.2 Å². The van der Waals surface area contributed by atoms with Crippen molar-refractivity contribution in [1.29, 1.82) is 0 Å². The van der Waals surface area contributed by atoms with Gasteiger partial charge in [0, 0.05) is 19.1 Å². The summed E-state index contributed by atoms with van der Waals surface area (Å²) in [7, 11) is 0. The predicted molar refractivity (Wildman–Crippen MR) is 78.6 cm³/mol. The first-order chi connectivity index (χ1) is 9.69. The maximum absolute atomic E-state index is 11.6. The highest BCUT2D eigenvalue weighted by Gasteiger charge is 2.35. The van der Waals surface area contributed by atoms with Crippen LogP contribution in [-0.2, 0) is 11.3 Å². The van der Waals surface area contributed by atoms with E-state index in [0.29, 0.717) is 12.6 Å². The molecule has 0 aromatic heterocycles. The summed E-state index contributed by atoms with van der Waals surface area (Å²) in [6.45, 7) is 3.85. The Morgan fingerprint density at radius 3 is 2.85 bits per heavy atom. The Labute approximate surface area is 120 Å². The molecule has 3 atom stereocenters. The number of fused-ring (bicyclic) bond motifs is 1. The van der Waals surface area contributed by atoms with Crippen LogP contribution in [-0.4, -0.2) is 28.6 Å². The molecule has 1 fully saturated rings. The second-order valence-electron chi connectivity index (χ2n) is 6.26. The molecule has 1 aromatic carbocycles. The average molecular weight is 273 g/mol. The Bertz CT molecular complexity index is 500. The number of rotatable bonds is 3. The van der Waals surface area contributed by atoms with Crippen molar-refractivity contribution in [2.24, 2.45) is 5.92 Å². The highest BCUT2D eigenvalue weighted by Crippen LogP contribution is 2.36. The quantitative estimate of drug-likeness (QED) is 0.919. The van der Waals surface area contributed by atoms with Crippen molar-refractivity contribution in [2.75, 3.05) is 6.54 Å². The molecule has 1 aliphatic carbocycles. The fourth-order valence-electron chi connectivity index (χ4n) is 3.87. The van der Waals surface area contributed by atoms with E-state index in [-0.39, 0.29) is 5.92 Å². The van der Waals surface area contributed by atoms with Crippen LogP contribution in [0.5, 0.6) is 0 Å². The van der Waals surface area contributed by atoms with E-state index in [1.165, 1.54) is 31.2 Å². The Hall–Kier alpha value is -1.35. The Morgan fingerprint density at radius 2 is 2.15 bits per heavy atom. The first-order valence-electron chi connectivity index (χ1n) is 7.73. The highest BCUT2D eigenvalue weighted by molar-refractivity contribution is 5.77. The molecule has 3 unspecified atom stereocenters. The third-order valence-electron chi connectivity index (χ3n) is 5.13. The maximum atomic E-state index is 11.6. The zero-order valence-electron chi connectivity index (χ0n) is 12.1. The topological polar surface area (TPSA) is 40.5 Å². The van der Waals surface area contributed by atoms with E-state index in [4.69, 9.17) is 0 Å². The monoisotopic (exact) mass is 273 g/mol. The lowest BCUT2D eigenvalue weighted by Crippen LogP contribution is -2.42. The smallest absolute Gasteiger partial charge is 0.312 e. The third kappa shape index (κ3) is 2.47. The van der Waals surface area contributed by atoms with Crippen molar-refractivity contribution in [2.45, 2.75) is 51.1 Å². The predicted octanol–water partition coefficient (Wildman–Crippen LogP) is 3.25. The average Bonchev–Trinajstić information content (AvgIpc) is 2.95. The standard InChI is InChI=1S/C17H23NO2/c1-2-12-7-8-14(9-12)18-10-13-5-3-4-6-15(13)16(11-18)17(19)20/h3-6,12,14,16H,2,7-11H2,1H3,(H,19,20). The van der Waals surface area contributed by atoms with Gasteiger partial charge < -0.3 is 5.11 Å². The molecule has 108 valence electrons. The number of hydrogen-bond acceptors (Lipinski definition) is 2. The van der Waals surface area contributed by atoms with Gasteiger partial charge in [0.15, 0.2) is 0 Å². The number of carbonyl (C=O) groups is 1. The van der Waals surface area contributed by atoms with Crippen LogP contribution in [0.3, 0.4) is 0 Å². The number of aliphatic carboxylic acids is 1. The van der Waals surface area contributed by atoms with E-state index in [0.717, 1.165) is 18.0 Å². The largest absolute Gasteiger partial charge is 0.481 e. The molecule has 0 saturated heterocycles. The fraction of sp³-hybridized carbons (Fsp3) is 0.588. The number of benzene rings is 1. The lowest BCUT2D eigenvalue weighted by atomic mass is 9.88. The molecule has 0 bridgehead atoms. The van der Waals surface area contributed by atoms with Gasteiger partial charge in [-0.15, -0.1) is 0 Å². The Balaban J connectivity index is 1.81. The van der Waals surface area contributed by atoms with Crippen LogP contribution in [0.15, 0.2) is 24.3 Å². The number of carboxylic acid groups (broad SMARTS) is 1. The van der Waals surface area contributed by atoms with Gasteiger partial charge in [-0.1, -0.05) is 37.6 Å². The molecular weight excluding hydrogens is 250 g/mol. The summed E-state index contributed by atoms with van der Waals surface area (Å²) in [5.41, 5.74) is 2.22. The van der Waals surface area contributed by atoms with Gasteiger partial charge in [-0.3, -0.25) is 9.69 Å². The van der Waals surface area contributed by atoms with Crippen LogP contribution in [0.25, 0.3) is 0 Å². The summed E-state index contributed by atoms with van der Waals surface area (Å²) in [5, 5.41) is 9.52. The lowest BCUT2D eigenvalue weighted by molar-refractivity contribution is -0.139. The number of nitrogens with zero attached hydrogens (tertiary/aromatic N) is 1. The second-order valence-corrected chi connectivity index (χ2v) is 6.26. The summed E-state index contributed by atoms with van der Waals surface area (Å²) in [6.07, 6.45) is 5.03. The van der Waals surface area contributed by atoms with Crippen molar-refractivity contribution >= 4 is 5.97 Å². The first kappa shape index (κ1) is 13.6. The van der Waals surface area contributed by atoms with Gasteiger partial charge in [0.2, 0.25) is 0 Å². The van der Waals surface area contributed by atoms with E-state index < -0.39 is 5.97 Å². The summed E-state index contributed by atoms with van der Waals surface area (Å²) in [6, 6.07) is 8.62. The van der Waals surface area contributed by atoms with Gasteiger partial charge in [-0.25, -0.2) is 0 Å². The maximum Gasteiger partial charge on any atom is 0.312 e. The van der Waals surface area contributed by atoms with Crippen LogP contribution in [0, 0.1) is 5.92 Å². The minimum Gasteiger partial charge on any atom is -0.481 e. The molecule has 3 heteroatoms. The van der Waals surface area contributed by atoms with E-state index in [2.05, 4.69) is 17.9 Å². The molecule has 3 rings (SSSR count). The summed E-state index contributed by atoms with van der Waals surface area (Å²) < 4.78 is 0. The molecule has 1 aliphatic heterocycles. The number of hydrogen-bond donors (Lipinski definition) is 1. The molecule has 1 heterocycles. The van der Waals surface area contributed by atoms with Gasteiger partial charge in [0.1, 0.15) is 0 Å². The second kappa shape index (κ2) is 5.57. The molecule has 0 amide bonds. The fourth-order valence-corrected chi connectivity index (χ4v) is 3.87. The molecule has 2 aliphatic rings. The van der Waals surface area contributed by atoms with Gasteiger partial charge in [-0.2, -0.15) is 0 Å². The zero-order valence-corrected chi connectivity index (χ0v) is 12.1. The minimum absolute atomic E-state index is 0.361. The highest BCUT2D eigenvalue weighted by atomic mass is 16.4. The Morgan fingerprint density at radius 1 is 1.35 bits per heavy atom. The number of carboxylic acids is 1. The Kier molecular flexibility index (Phi) is 3.79. The summed E-state index contributed by atoms with van der Waals surface area (Å²) in [4.78, 5) is 14.0. The molecule has 3 nitrogen and oxygen atoms in total. The van der Waals surface area contributed by atoms with E-state index >= 15 is 0 Å². The molecule has 1 saturated carbocycles. The summed E-state index contributed by atoms with van der Waals surface area (Å²) >= 11 is 0. The first-order valence-corrected chi connectivity index (χ1v) is 7.73. The van der Waals surface area contributed by atoms with Gasteiger partial charge in [-0.05, 0) is 36.3 Å². The molecular formula is C17H23NO2. The van der Waals surface area contributed by atoms with Gasteiger partial charge in [0.25, 0.3) is 0 Å². The van der Waals surface area contributed by atoms with E-state index in [9.17, 15) is 9.90 Å². The van der Waals surface area contributed by atoms with Crippen LogP contribution in [0.1, 0.15) is 49.7 Å². The lowest BCUT2D eigenvalue weighted by Gasteiger charge is -2.36. The third-order valence-corrected chi connectivity index (χ3v) is 5.13. The molecule has 0 spiro atoms. The summed E-state index contributed by atoms with van der Waals surface area (Å²) in [5.74, 6) is -0.215. The molecule has 20 heavy (non-hydrogen) atoms. The van der Waals surface area contributed by atoms with Gasteiger partial charge in [0.05, 0.1) is 5.92 Å². The molecule has 0 radical (unpaired) electrons. The molecule has 1 aromatic rings. The zero-order chi connectivity index (χ0) is 14.1. The van der Waals surface area contributed by atoms with Crippen molar-refractivity contribution < 1.29 is 9.90 Å².